The largest absolute Gasteiger partial charge is 0.445 e. The van der Waals surface area contributed by atoms with Gasteiger partial charge in [-0.05, 0) is 18.4 Å². The van der Waals surface area contributed by atoms with Crippen LogP contribution in [0, 0.1) is 0 Å². The second-order valence-electron chi connectivity index (χ2n) is 6.39. The highest BCUT2D eigenvalue weighted by molar-refractivity contribution is 6.32. The van der Waals surface area contributed by atoms with Crippen LogP contribution in [0.25, 0.3) is 5.52 Å². The average Bonchev–Trinajstić information content (AvgIpc) is 3.12. The first kappa shape index (κ1) is 16.8. The Hall–Kier alpha value is -2.60. The summed E-state index contributed by atoms with van der Waals surface area (Å²) in [6.45, 7) is 1.62. The van der Waals surface area contributed by atoms with Crippen molar-refractivity contribution < 1.29 is 9.53 Å². The Kier molecular flexibility index (Phi) is 4.75. The highest BCUT2D eigenvalue weighted by atomic mass is 35.5. The van der Waals surface area contributed by atoms with E-state index in [1.54, 1.807) is 17.3 Å². The summed E-state index contributed by atoms with van der Waals surface area (Å²) in [6, 6.07) is 9.71. The number of rotatable bonds is 3. The van der Waals surface area contributed by atoms with Gasteiger partial charge in [0.15, 0.2) is 5.15 Å². The number of aromatic nitrogens is 3. The number of ether oxygens (including phenoxy) is 1. The van der Waals surface area contributed by atoms with Crippen molar-refractivity contribution in [1.82, 2.24) is 19.3 Å². The van der Waals surface area contributed by atoms with Gasteiger partial charge < -0.3 is 9.64 Å². The first-order valence-corrected chi connectivity index (χ1v) is 9.03. The molecular weight excluding hydrogens is 352 g/mol. The number of halogens is 1. The van der Waals surface area contributed by atoms with E-state index in [1.165, 1.54) is 0 Å². The normalized spacial score (nSPS) is 15.3. The molecule has 3 heterocycles. The third-order valence-corrected chi connectivity index (χ3v) is 5.06. The van der Waals surface area contributed by atoms with Crippen LogP contribution in [-0.2, 0) is 11.3 Å². The monoisotopic (exact) mass is 370 g/mol. The van der Waals surface area contributed by atoms with Crippen LogP contribution in [0.1, 0.15) is 30.1 Å². The molecule has 0 spiro atoms. The van der Waals surface area contributed by atoms with Crippen molar-refractivity contribution in [3.8, 4) is 0 Å². The number of imidazole rings is 1. The van der Waals surface area contributed by atoms with Crippen LogP contribution in [0.3, 0.4) is 0 Å². The van der Waals surface area contributed by atoms with E-state index in [-0.39, 0.29) is 12.0 Å². The van der Waals surface area contributed by atoms with Crippen molar-refractivity contribution in [3.05, 3.63) is 65.5 Å². The maximum Gasteiger partial charge on any atom is 0.410 e. The maximum absolute atomic E-state index is 12.3. The molecule has 4 rings (SSSR count). The van der Waals surface area contributed by atoms with Gasteiger partial charge in [-0.3, -0.25) is 4.40 Å². The van der Waals surface area contributed by atoms with Crippen molar-refractivity contribution in [2.75, 3.05) is 13.1 Å². The molecule has 134 valence electrons. The molecule has 0 atom stereocenters. The Bertz CT molecular complexity index is 904. The van der Waals surface area contributed by atoms with Gasteiger partial charge in [-0.2, -0.15) is 0 Å². The SMILES string of the molecule is O=C(OCc1ccccc1)N1CCC(c2ncc3c(Cl)nccn23)CC1. The van der Waals surface area contributed by atoms with Crippen LogP contribution in [0.2, 0.25) is 5.15 Å². The van der Waals surface area contributed by atoms with Gasteiger partial charge in [0, 0.05) is 31.4 Å². The summed E-state index contributed by atoms with van der Waals surface area (Å²) in [5.74, 6) is 1.26. The zero-order chi connectivity index (χ0) is 17.9. The molecule has 0 bridgehead atoms. The number of fused-ring (bicyclic) bond motifs is 1. The Morgan fingerprint density at radius 2 is 1.96 bits per heavy atom. The molecule has 3 aromatic rings. The molecule has 1 fully saturated rings. The van der Waals surface area contributed by atoms with Crippen LogP contribution in [0.4, 0.5) is 4.79 Å². The number of hydrogen-bond acceptors (Lipinski definition) is 4. The fourth-order valence-corrected chi connectivity index (χ4v) is 3.55. The number of piperidine rings is 1. The van der Waals surface area contributed by atoms with E-state index in [0.29, 0.717) is 24.8 Å². The van der Waals surface area contributed by atoms with Crippen molar-refractivity contribution in [2.45, 2.75) is 25.4 Å². The standard InChI is InChI=1S/C19H19ClN4O2/c20-17-16-12-22-18(24(16)11-8-21-17)15-6-9-23(10-7-15)19(25)26-13-14-4-2-1-3-5-14/h1-5,8,11-12,15H,6-7,9-10,13H2. The second-order valence-corrected chi connectivity index (χ2v) is 6.75. The zero-order valence-corrected chi connectivity index (χ0v) is 15.0. The van der Waals surface area contributed by atoms with E-state index in [4.69, 9.17) is 16.3 Å². The van der Waals surface area contributed by atoms with Gasteiger partial charge in [0.1, 0.15) is 17.9 Å². The van der Waals surface area contributed by atoms with Crippen LogP contribution in [0.15, 0.2) is 48.9 Å². The molecule has 1 aliphatic heterocycles. The molecule has 26 heavy (non-hydrogen) atoms. The number of carbonyl (C=O) groups is 1. The first-order chi connectivity index (χ1) is 12.7. The molecular formula is C19H19ClN4O2. The highest BCUT2D eigenvalue weighted by Crippen LogP contribution is 2.29. The van der Waals surface area contributed by atoms with Crippen molar-refractivity contribution in [1.29, 1.82) is 0 Å². The van der Waals surface area contributed by atoms with Gasteiger partial charge in [-0.25, -0.2) is 14.8 Å². The molecule has 1 aliphatic rings. The van der Waals surface area contributed by atoms with Crippen LogP contribution in [0.5, 0.6) is 0 Å². The molecule has 0 radical (unpaired) electrons. The average molecular weight is 371 g/mol. The van der Waals surface area contributed by atoms with Crippen LogP contribution >= 0.6 is 11.6 Å². The van der Waals surface area contributed by atoms with E-state index in [9.17, 15) is 4.79 Å². The van der Waals surface area contributed by atoms with E-state index in [1.807, 2.05) is 40.9 Å². The minimum absolute atomic E-state index is 0.257. The van der Waals surface area contributed by atoms with Gasteiger partial charge in [0.2, 0.25) is 0 Å². The molecule has 1 saturated heterocycles. The lowest BCUT2D eigenvalue weighted by Crippen LogP contribution is -2.38. The quantitative estimate of drug-likeness (QED) is 0.701. The number of hydrogen-bond donors (Lipinski definition) is 0. The minimum atomic E-state index is -0.257. The zero-order valence-electron chi connectivity index (χ0n) is 14.2. The van der Waals surface area contributed by atoms with Gasteiger partial charge >= 0.3 is 6.09 Å². The third-order valence-electron chi connectivity index (χ3n) is 4.76. The summed E-state index contributed by atoms with van der Waals surface area (Å²) in [5.41, 5.74) is 1.80. The lowest BCUT2D eigenvalue weighted by atomic mass is 9.96. The predicted molar refractivity (Wildman–Crippen MR) is 98.2 cm³/mol. The fourth-order valence-electron chi connectivity index (χ4n) is 3.35. The molecule has 1 aromatic carbocycles. The molecule has 1 amide bonds. The smallest absolute Gasteiger partial charge is 0.410 e. The molecule has 6 nitrogen and oxygen atoms in total. The van der Waals surface area contributed by atoms with Gasteiger partial charge in [0.05, 0.1) is 6.20 Å². The summed E-state index contributed by atoms with van der Waals surface area (Å²) < 4.78 is 7.41. The van der Waals surface area contributed by atoms with E-state index in [0.717, 1.165) is 29.7 Å². The summed E-state index contributed by atoms with van der Waals surface area (Å²) in [6.07, 6.45) is 6.75. The number of carbonyl (C=O) groups excluding carboxylic acids is 1. The van der Waals surface area contributed by atoms with Gasteiger partial charge in [-0.1, -0.05) is 41.9 Å². The molecule has 2 aromatic heterocycles. The Balaban J connectivity index is 1.36. The van der Waals surface area contributed by atoms with E-state index >= 15 is 0 Å². The number of nitrogens with zero attached hydrogens (tertiary/aromatic N) is 4. The summed E-state index contributed by atoms with van der Waals surface area (Å²) in [4.78, 5) is 22.7. The van der Waals surface area contributed by atoms with Crippen molar-refractivity contribution in [2.24, 2.45) is 0 Å². The molecule has 7 heteroatoms. The maximum atomic E-state index is 12.3. The first-order valence-electron chi connectivity index (χ1n) is 8.65. The van der Waals surface area contributed by atoms with E-state index in [2.05, 4.69) is 9.97 Å². The highest BCUT2D eigenvalue weighted by Gasteiger charge is 2.27. The van der Waals surface area contributed by atoms with Gasteiger partial charge in [-0.15, -0.1) is 0 Å². The summed E-state index contributed by atoms with van der Waals surface area (Å²) in [7, 11) is 0. The third kappa shape index (κ3) is 3.37. The molecule has 0 aliphatic carbocycles. The molecule has 0 N–H and O–H groups in total. The molecule has 0 unspecified atom stereocenters. The van der Waals surface area contributed by atoms with Crippen molar-refractivity contribution >= 4 is 23.2 Å². The summed E-state index contributed by atoms with van der Waals surface area (Å²) in [5, 5.41) is 0.452. The van der Waals surface area contributed by atoms with Crippen LogP contribution in [-0.4, -0.2) is 38.5 Å². The number of amides is 1. The van der Waals surface area contributed by atoms with Crippen LogP contribution < -0.4 is 0 Å². The minimum Gasteiger partial charge on any atom is -0.445 e. The lowest BCUT2D eigenvalue weighted by Gasteiger charge is -2.30. The van der Waals surface area contributed by atoms with Crippen molar-refractivity contribution in [3.63, 3.8) is 0 Å². The Morgan fingerprint density at radius 3 is 2.73 bits per heavy atom. The number of likely N-dealkylation sites (tertiary alicyclic amines) is 1. The van der Waals surface area contributed by atoms with Gasteiger partial charge in [0.25, 0.3) is 0 Å². The Labute approximate surface area is 156 Å². The predicted octanol–water partition coefficient (Wildman–Crippen LogP) is 3.90. The van der Waals surface area contributed by atoms with E-state index < -0.39 is 0 Å². The second kappa shape index (κ2) is 7.33. The fraction of sp³-hybridized carbons (Fsp3) is 0.316. The summed E-state index contributed by atoms with van der Waals surface area (Å²) >= 11 is 6.12. The topological polar surface area (TPSA) is 59.7 Å². The molecule has 0 saturated carbocycles. The lowest BCUT2D eigenvalue weighted by molar-refractivity contribution is 0.0866. The number of benzene rings is 1. The Morgan fingerprint density at radius 1 is 1.19 bits per heavy atom.